The van der Waals surface area contributed by atoms with Crippen molar-refractivity contribution in [2.75, 3.05) is 20.3 Å². The lowest BCUT2D eigenvalue weighted by Crippen LogP contribution is -2.25. The van der Waals surface area contributed by atoms with Crippen LogP contribution in [0, 0.1) is 6.92 Å². The van der Waals surface area contributed by atoms with E-state index in [0.29, 0.717) is 35.5 Å². The number of hydrogen-bond donors (Lipinski definition) is 1. The van der Waals surface area contributed by atoms with Crippen LogP contribution >= 0.6 is 0 Å². The van der Waals surface area contributed by atoms with E-state index in [1.54, 1.807) is 7.11 Å². The lowest BCUT2D eigenvalue weighted by Gasteiger charge is -2.09. The predicted octanol–water partition coefficient (Wildman–Crippen LogP) is 2.42. The molecule has 0 aliphatic heterocycles. The number of fused-ring (bicyclic) bond motifs is 1. The summed E-state index contributed by atoms with van der Waals surface area (Å²) in [6, 6.07) is 1.82. The van der Waals surface area contributed by atoms with Gasteiger partial charge in [0, 0.05) is 26.0 Å². The van der Waals surface area contributed by atoms with E-state index in [-0.39, 0.29) is 11.8 Å². The lowest BCUT2D eigenvalue weighted by atomic mass is 10.0. The number of pyridine rings is 1. The van der Waals surface area contributed by atoms with Crippen LogP contribution in [0.3, 0.4) is 0 Å². The molecule has 6 heteroatoms. The molecule has 2 rings (SSSR count). The van der Waals surface area contributed by atoms with Gasteiger partial charge in [-0.3, -0.25) is 4.79 Å². The highest BCUT2D eigenvalue weighted by Gasteiger charge is 2.19. The van der Waals surface area contributed by atoms with Gasteiger partial charge in [0.1, 0.15) is 0 Å². The van der Waals surface area contributed by atoms with E-state index in [0.717, 1.165) is 12.1 Å². The van der Waals surface area contributed by atoms with Crippen molar-refractivity contribution in [3.05, 3.63) is 23.0 Å². The smallest absolute Gasteiger partial charge is 0.259 e. The molecule has 0 aliphatic rings. The average Bonchev–Trinajstić information content (AvgIpc) is 2.84. The number of nitrogens with one attached hydrogen (secondary N) is 1. The molecule has 114 valence electrons. The lowest BCUT2D eigenvalue weighted by molar-refractivity contribution is 0.0950. The van der Waals surface area contributed by atoms with Crippen molar-refractivity contribution in [1.29, 1.82) is 0 Å². The summed E-state index contributed by atoms with van der Waals surface area (Å²) in [7, 11) is 1.64. The van der Waals surface area contributed by atoms with Gasteiger partial charge in [-0.1, -0.05) is 19.0 Å². The van der Waals surface area contributed by atoms with E-state index in [1.807, 2.05) is 26.8 Å². The van der Waals surface area contributed by atoms with Crippen molar-refractivity contribution in [3.63, 3.8) is 0 Å². The van der Waals surface area contributed by atoms with Crippen LogP contribution in [-0.4, -0.2) is 36.3 Å². The number of aryl methyl sites for hydroxylation is 1. The Labute approximate surface area is 123 Å². The molecule has 2 aromatic rings. The zero-order valence-corrected chi connectivity index (χ0v) is 12.9. The zero-order chi connectivity index (χ0) is 15.4. The number of hydrogen-bond acceptors (Lipinski definition) is 5. The molecule has 1 amide bonds. The first kappa shape index (κ1) is 15.4. The largest absolute Gasteiger partial charge is 0.385 e. The highest BCUT2D eigenvalue weighted by atomic mass is 16.5. The van der Waals surface area contributed by atoms with Gasteiger partial charge in [0.25, 0.3) is 11.6 Å². The molecule has 2 aromatic heterocycles. The van der Waals surface area contributed by atoms with Gasteiger partial charge in [0.15, 0.2) is 0 Å². The first-order valence-electron chi connectivity index (χ1n) is 7.08. The highest BCUT2D eigenvalue weighted by molar-refractivity contribution is 6.06. The third-order valence-corrected chi connectivity index (χ3v) is 3.28. The van der Waals surface area contributed by atoms with E-state index in [4.69, 9.17) is 9.26 Å². The summed E-state index contributed by atoms with van der Waals surface area (Å²) in [6.45, 7) is 7.05. The summed E-state index contributed by atoms with van der Waals surface area (Å²) in [6.07, 6.45) is 0.774. The summed E-state index contributed by atoms with van der Waals surface area (Å²) in [5.41, 5.74) is 2.48. The third-order valence-electron chi connectivity index (χ3n) is 3.28. The second kappa shape index (κ2) is 6.67. The molecule has 0 unspecified atom stereocenters. The van der Waals surface area contributed by atoms with Crippen molar-refractivity contribution in [3.8, 4) is 0 Å². The first-order chi connectivity index (χ1) is 10.0. The number of carbonyl (C=O) groups is 1. The number of methoxy groups -OCH3 is 1. The van der Waals surface area contributed by atoms with E-state index in [1.165, 1.54) is 0 Å². The predicted molar refractivity (Wildman–Crippen MR) is 79.5 cm³/mol. The molecule has 0 atom stereocenters. The Balaban J connectivity index is 2.31. The van der Waals surface area contributed by atoms with E-state index in [9.17, 15) is 4.79 Å². The SMILES string of the molecule is COCCCNC(=O)c1cc(C(C)C)nc2onc(C)c12. The minimum atomic E-state index is -0.133. The Morgan fingerprint density at radius 1 is 1.48 bits per heavy atom. The Kier molecular flexibility index (Phi) is 4.90. The fraction of sp³-hybridized carbons (Fsp3) is 0.533. The van der Waals surface area contributed by atoms with Crippen LogP contribution in [0.5, 0.6) is 0 Å². The molecule has 0 fully saturated rings. The number of ether oxygens (including phenoxy) is 1. The second-order valence-corrected chi connectivity index (χ2v) is 5.30. The van der Waals surface area contributed by atoms with Gasteiger partial charge in [-0.25, -0.2) is 4.98 Å². The molecule has 0 bridgehead atoms. The molecule has 0 aromatic carbocycles. The van der Waals surface area contributed by atoms with Crippen LogP contribution in [0.2, 0.25) is 0 Å². The molecule has 2 heterocycles. The molecule has 6 nitrogen and oxygen atoms in total. The number of carbonyl (C=O) groups excluding carboxylic acids is 1. The minimum absolute atomic E-state index is 0.133. The van der Waals surface area contributed by atoms with Crippen molar-refractivity contribution < 1.29 is 14.1 Å². The van der Waals surface area contributed by atoms with Crippen LogP contribution in [0.15, 0.2) is 10.6 Å². The van der Waals surface area contributed by atoms with Gasteiger partial charge < -0.3 is 14.6 Å². The van der Waals surface area contributed by atoms with Crippen LogP contribution in [0.4, 0.5) is 0 Å². The van der Waals surface area contributed by atoms with Crippen LogP contribution in [0.1, 0.15) is 47.9 Å². The Morgan fingerprint density at radius 3 is 2.90 bits per heavy atom. The quantitative estimate of drug-likeness (QED) is 0.827. The Hall–Kier alpha value is -1.95. The van der Waals surface area contributed by atoms with Crippen molar-refractivity contribution >= 4 is 17.0 Å². The normalized spacial score (nSPS) is 11.3. The number of amides is 1. The maximum atomic E-state index is 12.4. The molecular formula is C15H21N3O3. The maximum Gasteiger partial charge on any atom is 0.259 e. The number of nitrogens with zero attached hydrogens (tertiary/aromatic N) is 2. The van der Waals surface area contributed by atoms with Gasteiger partial charge in [-0.15, -0.1) is 0 Å². The van der Waals surface area contributed by atoms with Crippen LogP contribution in [0.25, 0.3) is 11.1 Å². The van der Waals surface area contributed by atoms with Gasteiger partial charge in [0.2, 0.25) is 0 Å². The summed E-state index contributed by atoms with van der Waals surface area (Å²) in [4.78, 5) is 16.8. The van der Waals surface area contributed by atoms with Gasteiger partial charge in [0.05, 0.1) is 16.6 Å². The molecule has 0 saturated carbocycles. The molecule has 0 saturated heterocycles. The fourth-order valence-electron chi connectivity index (χ4n) is 2.10. The molecule has 1 N–H and O–H groups in total. The van der Waals surface area contributed by atoms with Crippen molar-refractivity contribution in [2.24, 2.45) is 0 Å². The van der Waals surface area contributed by atoms with E-state index >= 15 is 0 Å². The van der Waals surface area contributed by atoms with Gasteiger partial charge in [-0.05, 0) is 25.3 Å². The minimum Gasteiger partial charge on any atom is -0.385 e. The van der Waals surface area contributed by atoms with Crippen molar-refractivity contribution in [2.45, 2.75) is 33.1 Å². The first-order valence-corrected chi connectivity index (χ1v) is 7.08. The Morgan fingerprint density at radius 2 is 2.24 bits per heavy atom. The number of aromatic nitrogens is 2. The highest BCUT2D eigenvalue weighted by Crippen LogP contribution is 2.24. The third kappa shape index (κ3) is 3.39. The molecule has 0 radical (unpaired) electrons. The molecule has 21 heavy (non-hydrogen) atoms. The molecular weight excluding hydrogens is 270 g/mol. The average molecular weight is 291 g/mol. The van der Waals surface area contributed by atoms with Crippen LogP contribution < -0.4 is 5.32 Å². The van der Waals surface area contributed by atoms with Crippen LogP contribution in [-0.2, 0) is 4.74 Å². The van der Waals surface area contributed by atoms with E-state index in [2.05, 4.69) is 15.5 Å². The summed E-state index contributed by atoms with van der Waals surface area (Å²) >= 11 is 0. The molecule has 0 spiro atoms. The summed E-state index contributed by atoms with van der Waals surface area (Å²) in [5.74, 6) is 0.0755. The Bertz CT molecular complexity index is 634. The summed E-state index contributed by atoms with van der Waals surface area (Å²) < 4.78 is 10.2. The summed E-state index contributed by atoms with van der Waals surface area (Å²) in [5, 5.41) is 7.49. The zero-order valence-electron chi connectivity index (χ0n) is 12.9. The second-order valence-electron chi connectivity index (χ2n) is 5.30. The maximum absolute atomic E-state index is 12.4. The van der Waals surface area contributed by atoms with E-state index < -0.39 is 0 Å². The number of rotatable bonds is 6. The molecule has 0 aliphatic carbocycles. The topological polar surface area (TPSA) is 77.2 Å². The fourth-order valence-corrected chi connectivity index (χ4v) is 2.10. The van der Waals surface area contributed by atoms with Gasteiger partial charge in [-0.2, -0.15) is 0 Å². The van der Waals surface area contributed by atoms with Gasteiger partial charge >= 0.3 is 0 Å². The van der Waals surface area contributed by atoms with Crippen molar-refractivity contribution in [1.82, 2.24) is 15.5 Å². The standard InChI is InChI=1S/C15H21N3O3/c1-9(2)12-8-11(14(19)16-6-5-7-20-4)13-10(3)18-21-15(13)17-12/h8-9H,5-7H2,1-4H3,(H,16,19). The monoisotopic (exact) mass is 291 g/mol.